The van der Waals surface area contributed by atoms with Crippen molar-refractivity contribution < 1.29 is 4.79 Å². The van der Waals surface area contributed by atoms with Gasteiger partial charge in [-0.05, 0) is 56.1 Å². The Bertz CT molecular complexity index is 844. The lowest BCUT2D eigenvalue weighted by molar-refractivity contribution is -0.122. The predicted octanol–water partition coefficient (Wildman–Crippen LogP) is 2.80. The highest BCUT2D eigenvalue weighted by atomic mass is 16.1. The van der Waals surface area contributed by atoms with Crippen molar-refractivity contribution in [2.75, 3.05) is 0 Å². The molecule has 1 amide bonds. The van der Waals surface area contributed by atoms with E-state index in [2.05, 4.69) is 22.2 Å². The highest BCUT2D eigenvalue weighted by molar-refractivity contribution is 5.78. The van der Waals surface area contributed by atoms with Crippen molar-refractivity contribution in [3.05, 3.63) is 40.4 Å². The third kappa shape index (κ3) is 3.32. The molecule has 2 saturated carbocycles. The molecule has 4 atom stereocenters. The first-order chi connectivity index (χ1) is 12.1. The topological polar surface area (TPSA) is 74.8 Å². The van der Waals surface area contributed by atoms with Crippen molar-refractivity contribution in [2.45, 2.75) is 51.5 Å². The second-order valence-corrected chi connectivity index (χ2v) is 7.72. The molecule has 5 heteroatoms. The van der Waals surface area contributed by atoms with E-state index in [0.29, 0.717) is 35.5 Å². The van der Waals surface area contributed by atoms with Crippen LogP contribution in [-0.2, 0) is 11.2 Å². The highest BCUT2D eigenvalue weighted by Gasteiger charge is 2.42. The van der Waals surface area contributed by atoms with Crippen LogP contribution < -0.4 is 10.9 Å². The smallest absolute Gasteiger partial charge is 0.258 e. The molecule has 0 saturated heterocycles. The zero-order valence-electron chi connectivity index (χ0n) is 14.6. The monoisotopic (exact) mass is 339 g/mol. The van der Waals surface area contributed by atoms with E-state index in [1.165, 1.54) is 25.7 Å². The molecule has 2 aliphatic rings. The Morgan fingerprint density at radius 1 is 1.32 bits per heavy atom. The van der Waals surface area contributed by atoms with Crippen LogP contribution in [-0.4, -0.2) is 21.9 Å². The first-order valence-corrected chi connectivity index (χ1v) is 9.37. The number of carbonyl (C=O) groups excluding carboxylic acids is 1. The minimum absolute atomic E-state index is 0.0473. The first-order valence-electron chi connectivity index (χ1n) is 9.37. The molecule has 5 nitrogen and oxygen atoms in total. The molecule has 2 N–H and O–H groups in total. The summed E-state index contributed by atoms with van der Waals surface area (Å²) in [5.41, 5.74) is 0.536. The van der Waals surface area contributed by atoms with Gasteiger partial charge in [0.25, 0.3) is 5.56 Å². The molecule has 4 rings (SSSR count). The SMILES string of the molecule is C[C@H](NC(=O)CCc1nc2ccccc2c(=O)[nH]1)[C@@H]1C[C@H]2CC[C@H]1C2. The van der Waals surface area contributed by atoms with E-state index >= 15 is 0 Å². The second-order valence-electron chi connectivity index (χ2n) is 7.72. The van der Waals surface area contributed by atoms with E-state index in [4.69, 9.17) is 0 Å². The van der Waals surface area contributed by atoms with Crippen molar-refractivity contribution >= 4 is 16.8 Å². The van der Waals surface area contributed by atoms with Gasteiger partial charge in [0.1, 0.15) is 5.82 Å². The number of para-hydroxylation sites is 1. The fourth-order valence-corrected chi connectivity index (χ4v) is 4.82. The van der Waals surface area contributed by atoms with Gasteiger partial charge in [0.05, 0.1) is 10.9 Å². The molecule has 25 heavy (non-hydrogen) atoms. The highest BCUT2D eigenvalue weighted by Crippen LogP contribution is 2.49. The molecule has 0 radical (unpaired) electrons. The summed E-state index contributed by atoms with van der Waals surface area (Å²) in [5.74, 6) is 2.96. The van der Waals surface area contributed by atoms with Crippen LogP contribution in [0.15, 0.2) is 29.1 Å². The fraction of sp³-hybridized carbons (Fsp3) is 0.550. The average Bonchev–Trinajstić information content (AvgIpc) is 3.23. The Morgan fingerprint density at radius 3 is 2.92 bits per heavy atom. The number of H-pyrrole nitrogens is 1. The number of aromatic nitrogens is 2. The van der Waals surface area contributed by atoms with Gasteiger partial charge in [-0.15, -0.1) is 0 Å². The van der Waals surface area contributed by atoms with Crippen LogP contribution in [0, 0.1) is 17.8 Å². The minimum atomic E-state index is -0.142. The quantitative estimate of drug-likeness (QED) is 0.879. The van der Waals surface area contributed by atoms with E-state index in [9.17, 15) is 9.59 Å². The van der Waals surface area contributed by atoms with Gasteiger partial charge in [-0.1, -0.05) is 18.6 Å². The summed E-state index contributed by atoms with van der Waals surface area (Å²) in [4.78, 5) is 31.6. The number of nitrogens with zero attached hydrogens (tertiary/aromatic N) is 1. The Kier molecular flexibility index (Phi) is 4.32. The van der Waals surface area contributed by atoms with Crippen LogP contribution >= 0.6 is 0 Å². The molecule has 1 heterocycles. The molecular formula is C20H25N3O2. The standard InChI is InChI=1S/C20H25N3O2/c1-12(16-11-13-6-7-14(16)10-13)21-19(24)9-8-18-22-17-5-3-2-4-15(17)20(25)23-18/h2-5,12-14,16H,6-11H2,1H3,(H,21,24)(H,22,23,25)/t12-,13-,14-,16-/m0/s1. The van der Waals surface area contributed by atoms with Gasteiger partial charge in [0.2, 0.25) is 5.91 Å². The van der Waals surface area contributed by atoms with E-state index in [1.54, 1.807) is 6.07 Å². The van der Waals surface area contributed by atoms with Crippen LogP contribution in [0.1, 0.15) is 44.9 Å². The van der Waals surface area contributed by atoms with Gasteiger partial charge >= 0.3 is 0 Å². The number of hydrogen-bond donors (Lipinski definition) is 2. The second kappa shape index (κ2) is 6.62. The van der Waals surface area contributed by atoms with Gasteiger partial charge in [-0.3, -0.25) is 9.59 Å². The number of nitrogens with one attached hydrogen (secondary N) is 2. The molecule has 2 bridgehead atoms. The summed E-state index contributed by atoms with van der Waals surface area (Å²) < 4.78 is 0. The van der Waals surface area contributed by atoms with E-state index in [1.807, 2.05) is 18.2 Å². The third-order valence-electron chi connectivity index (χ3n) is 6.07. The Morgan fingerprint density at radius 2 is 2.16 bits per heavy atom. The van der Waals surface area contributed by atoms with E-state index in [0.717, 1.165) is 11.8 Å². The zero-order chi connectivity index (χ0) is 17.4. The van der Waals surface area contributed by atoms with Gasteiger partial charge in [-0.25, -0.2) is 4.98 Å². The van der Waals surface area contributed by atoms with Gasteiger partial charge in [-0.2, -0.15) is 0 Å². The lowest BCUT2D eigenvalue weighted by atomic mass is 9.84. The van der Waals surface area contributed by atoms with Crippen LogP contribution in [0.2, 0.25) is 0 Å². The number of benzene rings is 1. The maximum Gasteiger partial charge on any atom is 0.258 e. The summed E-state index contributed by atoms with van der Waals surface area (Å²) in [6.45, 7) is 2.14. The summed E-state index contributed by atoms with van der Waals surface area (Å²) in [6, 6.07) is 7.51. The summed E-state index contributed by atoms with van der Waals surface area (Å²) in [5, 5.41) is 3.75. The average molecular weight is 339 g/mol. The maximum atomic E-state index is 12.3. The molecule has 0 unspecified atom stereocenters. The Labute approximate surface area is 147 Å². The molecule has 2 fully saturated rings. The zero-order valence-corrected chi connectivity index (χ0v) is 14.6. The van der Waals surface area contributed by atoms with Gasteiger partial charge in [0.15, 0.2) is 0 Å². The van der Waals surface area contributed by atoms with Crippen molar-refractivity contribution in [1.29, 1.82) is 0 Å². The van der Waals surface area contributed by atoms with Gasteiger partial charge in [0, 0.05) is 18.9 Å². The molecule has 1 aromatic carbocycles. The van der Waals surface area contributed by atoms with Crippen LogP contribution in [0.4, 0.5) is 0 Å². The van der Waals surface area contributed by atoms with Crippen molar-refractivity contribution in [3.63, 3.8) is 0 Å². The Balaban J connectivity index is 1.35. The number of amides is 1. The van der Waals surface area contributed by atoms with Crippen LogP contribution in [0.25, 0.3) is 10.9 Å². The molecule has 2 aromatic rings. The van der Waals surface area contributed by atoms with E-state index in [-0.39, 0.29) is 17.5 Å². The van der Waals surface area contributed by atoms with Crippen molar-refractivity contribution in [2.24, 2.45) is 17.8 Å². The lowest BCUT2D eigenvalue weighted by Crippen LogP contribution is -2.40. The third-order valence-corrected chi connectivity index (χ3v) is 6.07. The van der Waals surface area contributed by atoms with Gasteiger partial charge < -0.3 is 10.3 Å². The molecule has 0 spiro atoms. The summed E-state index contributed by atoms with van der Waals surface area (Å²) in [6.07, 6.45) is 6.14. The maximum absolute atomic E-state index is 12.3. The number of aromatic amines is 1. The molecular weight excluding hydrogens is 314 g/mol. The molecule has 2 aliphatic carbocycles. The first kappa shape index (κ1) is 16.3. The lowest BCUT2D eigenvalue weighted by Gasteiger charge is -2.28. The number of rotatable bonds is 5. The number of aryl methyl sites for hydroxylation is 1. The minimum Gasteiger partial charge on any atom is -0.353 e. The Hall–Kier alpha value is -2.17. The largest absolute Gasteiger partial charge is 0.353 e. The number of carbonyl (C=O) groups is 1. The predicted molar refractivity (Wildman–Crippen MR) is 97.2 cm³/mol. The fourth-order valence-electron chi connectivity index (χ4n) is 4.82. The molecule has 0 aliphatic heterocycles. The molecule has 1 aromatic heterocycles. The van der Waals surface area contributed by atoms with E-state index < -0.39 is 0 Å². The van der Waals surface area contributed by atoms with Crippen molar-refractivity contribution in [1.82, 2.24) is 15.3 Å². The number of fused-ring (bicyclic) bond motifs is 3. The normalized spacial score (nSPS) is 26.0. The molecule has 132 valence electrons. The van der Waals surface area contributed by atoms with Crippen LogP contribution in [0.5, 0.6) is 0 Å². The summed E-state index contributed by atoms with van der Waals surface area (Å²) in [7, 11) is 0. The van der Waals surface area contributed by atoms with Crippen LogP contribution in [0.3, 0.4) is 0 Å². The number of hydrogen-bond acceptors (Lipinski definition) is 3. The summed E-state index contributed by atoms with van der Waals surface area (Å²) >= 11 is 0. The van der Waals surface area contributed by atoms with Crippen molar-refractivity contribution in [3.8, 4) is 0 Å².